The molecule has 0 aromatic rings. The van der Waals surface area contributed by atoms with Crippen molar-refractivity contribution in [1.29, 1.82) is 0 Å². The lowest BCUT2D eigenvalue weighted by atomic mass is 10.1. The van der Waals surface area contributed by atoms with Crippen LogP contribution in [0.2, 0.25) is 0 Å². The van der Waals surface area contributed by atoms with Crippen molar-refractivity contribution in [1.82, 2.24) is 0 Å². The van der Waals surface area contributed by atoms with Crippen molar-refractivity contribution in [2.75, 3.05) is 6.61 Å². The number of ether oxygens (including phenoxy) is 1. The van der Waals surface area contributed by atoms with Gasteiger partial charge >= 0.3 is 5.97 Å². The summed E-state index contributed by atoms with van der Waals surface area (Å²) in [5, 5.41) is 0. The standard InChI is InChI=1S/C15H28O2/c1-5-6-7-8-9-10-11-14(4)15(16)17-12-13(2)3/h13H,4-12H2,1-3H3. The second-order valence-electron chi connectivity index (χ2n) is 5.11. The highest BCUT2D eigenvalue weighted by Gasteiger charge is 2.08. The van der Waals surface area contributed by atoms with Crippen LogP contribution in [-0.4, -0.2) is 12.6 Å². The molecule has 0 amide bonds. The first-order valence-electron chi connectivity index (χ1n) is 6.92. The Kier molecular flexibility index (Phi) is 9.89. The Labute approximate surface area is 106 Å². The molecule has 0 N–H and O–H groups in total. The minimum Gasteiger partial charge on any atom is -0.462 e. The Morgan fingerprint density at radius 3 is 2.29 bits per heavy atom. The Morgan fingerprint density at radius 1 is 1.12 bits per heavy atom. The molecule has 0 spiro atoms. The Morgan fingerprint density at radius 2 is 1.71 bits per heavy atom. The van der Waals surface area contributed by atoms with E-state index in [9.17, 15) is 4.79 Å². The second-order valence-corrected chi connectivity index (χ2v) is 5.11. The van der Waals surface area contributed by atoms with Gasteiger partial charge in [0.2, 0.25) is 0 Å². The van der Waals surface area contributed by atoms with Gasteiger partial charge in [0.25, 0.3) is 0 Å². The van der Waals surface area contributed by atoms with E-state index in [1.165, 1.54) is 32.1 Å². The van der Waals surface area contributed by atoms with Crippen LogP contribution in [0.15, 0.2) is 12.2 Å². The van der Waals surface area contributed by atoms with Crippen LogP contribution in [0.25, 0.3) is 0 Å². The maximum Gasteiger partial charge on any atom is 0.333 e. The van der Waals surface area contributed by atoms with Crippen molar-refractivity contribution in [3.8, 4) is 0 Å². The van der Waals surface area contributed by atoms with Crippen molar-refractivity contribution in [2.45, 2.75) is 65.7 Å². The Balaban J connectivity index is 3.47. The third-order valence-corrected chi connectivity index (χ3v) is 2.67. The summed E-state index contributed by atoms with van der Waals surface area (Å²) in [6.45, 7) is 10.6. The fourth-order valence-electron chi connectivity index (χ4n) is 1.57. The van der Waals surface area contributed by atoms with Crippen molar-refractivity contribution >= 4 is 5.97 Å². The molecular weight excluding hydrogens is 212 g/mol. The number of carbonyl (C=O) groups is 1. The van der Waals surface area contributed by atoms with E-state index in [1.54, 1.807) is 0 Å². The molecule has 0 aliphatic heterocycles. The maximum absolute atomic E-state index is 11.5. The van der Waals surface area contributed by atoms with Crippen molar-refractivity contribution in [3.63, 3.8) is 0 Å². The van der Waals surface area contributed by atoms with Gasteiger partial charge in [0.15, 0.2) is 0 Å². The van der Waals surface area contributed by atoms with Gasteiger partial charge in [-0.1, -0.05) is 59.5 Å². The molecule has 0 radical (unpaired) electrons. The summed E-state index contributed by atoms with van der Waals surface area (Å²) in [6, 6.07) is 0. The van der Waals surface area contributed by atoms with E-state index < -0.39 is 0 Å². The van der Waals surface area contributed by atoms with Crippen LogP contribution in [0.4, 0.5) is 0 Å². The molecule has 0 fully saturated rings. The molecule has 0 aromatic heterocycles. The second kappa shape index (κ2) is 10.4. The SMILES string of the molecule is C=C(CCCCCCCC)C(=O)OCC(C)C. The Bertz CT molecular complexity index is 219. The lowest BCUT2D eigenvalue weighted by Crippen LogP contribution is -2.11. The molecule has 0 unspecified atom stereocenters. The van der Waals surface area contributed by atoms with Crippen LogP contribution in [-0.2, 0) is 9.53 Å². The van der Waals surface area contributed by atoms with Crippen LogP contribution in [0.1, 0.15) is 65.7 Å². The summed E-state index contributed by atoms with van der Waals surface area (Å²) in [5.41, 5.74) is 0.626. The lowest BCUT2D eigenvalue weighted by Gasteiger charge is -2.08. The molecule has 0 saturated heterocycles. The third-order valence-electron chi connectivity index (χ3n) is 2.67. The maximum atomic E-state index is 11.5. The summed E-state index contributed by atoms with van der Waals surface area (Å²) in [4.78, 5) is 11.5. The predicted molar refractivity (Wildman–Crippen MR) is 72.9 cm³/mol. The summed E-state index contributed by atoms with van der Waals surface area (Å²) < 4.78 is 5.12. The molecule has 0 heterocycles. The third kappa shape index (κ3) is 10.1. The van der Waals surface area contributed by atoms with Gasteiger partial charge in [-0.25, -0.2) is 4.79 Å². The topological polar surface area (TPSA) is 26.3 Å². The Hall–Kier alpha value is -0.790. The fraction of sp³-hybridized carbons (Fsp3) is 0.800. The summed E-state index contributed by atoms with van der Waals surface area (Å²) in [6.07, 6.45) is 8.19. The zero-order valence-corrected chi connectivity index (χ0v) is 11.8. The van der Waals surface area contributed by atoms with Gasteiger partial charge in [0.1, 0.15) is 0 Å². The summed E-state index contributed by atoms with van der Waals surface area (Å²) in [5.74, 6) is 0.174. The van der Waals surface area contributed by atoms with E-state index in [0.717, 1.165) is 12.8 Å². The van der Waals surface area contributed by atoms with Gasteiger partial charge in [0, 0.05) is 5.57 Å². The molecular formula is C15H28O2. The molecule has 0 rings (SSSR count). The number of hydrogen-bond acceptors (Lipinski definition) is 2. The van der Waals surface area contributed by atoms with Crippen molar-refractivity contribution < 1.29 is 9.53 Å². The van der Waals surface area contributed by atoms with Crippen molar-refractivity contribution in [3.05, 3.63) is 12.2 Å². The van der Waals surface area contributed by atoms with Crippen LogP contribution in [0.5, 0.6) is 0 Å². The minimum atomic E-state index is -0.216. The number of carbonyl (C=O) groups excluding carboxylic acids is 1. The summed E-state index contributed by atoms with van der Waals surface area (Å²) in [7, 11) is 0. The zero-order chi connectivity index (χ0) is 13.1. The molecule has 0 aliphatic carbocycles. The molecule has 2 nitrogen and oxygen atoms in total. The van der Waals surface area contributed by atoms with E-state index in [0.29, 0.717) is 18.1 Å². The van der Waals surface area contributed by atoms with Gasteiger partial charge in [-0.2, -0.15) is 0 Å². The van der Waals surface area contributed by atoms with Crippen LogP contribution in [0.3, 0.4) is 0 Å². The van der Waals surface area contributed by atoms with E-state index in [1.807, 2.05) is 13.8 Å². The largest absolute Gasteiger partial charge is 0.462 e. The van der Waals surface area contributed by atoms with Gasteiger partial charge < -0.3 is 4.74 Å². The first kappa shape index (κ1) is 16.2. The van der Waals surface area contributed by atoms with E-state index in [2.05, 4.69) is 13.5 Å². The lowest BCUT2D eigenvalue weighted by molar-refractivity contribution is -0.140. The highest BCUT2D eigenvalue weighted by atomic mass is 16.5. The molecule has 100 valence electrons. The smallest absolute Gasteiger partial charge is 0.333 e. The van der Waals surface area contributed by atoms with Crippen LogP contribution < -0.4 is 0 Å². The zero-order valence-electron chi connectivity index (χ0n) is 11.8. The molecule has 0 saturated carbocycles. The van der Waals surface area contributed by atoms with Crippen molar-refractivity contribution in [2.24, 2.45) is 5.92 Å². The molecule has 0 atom stereocenters. The number of rotatable bonds is 10. The molecule has 0 bridgehead atoms. The predicted octanol–water partition coefficient (Wildman–Crippen LogP) is 4.49. The van der Waals surface area contributed by atoms with E-state index in [-0.39, 0.29) is 5.97 Å². The quantitative estimate of drug-likeness (QED) is 0.319. The number of hydrogen-bond donors (Lipinski definition) is 0. The first-order valence-corrected chi connectivity index (χ1v) is 6.92. The summed E-state index contributed by atoms with van der Waals surface area (Å²) >= 11 is 0. The van der Waals surface area contributed by atoms with Crippen LogP contribution >= 0.6 is 0 Å². The van der Waals surface area contributed by atoms with E-state index in [4.69, 9.17) is 4.74 Å². The van der Waals surface area contributed by atoms with Gasteiger partial charge in [0.05, 0.1) is 6.61 Å². The van der Waals surface area contributed by atoms with E-state index >= 15 is 0 Å². The molecule has 2 heteroatoms. The minimum absolute atomic E-state index is 0.216. The highest BCUT2D eigenvalue weighted by molar-refractivity contribution is 5.87. The number of unbranched alkanes of at least 4 members (excludes halogenated alkanes) is 5. The monoisotopic (exact) mass is 240 g/mol. The van der Waals surface area contributed by atoms with Crippen LogP contribution in [0, 0.1) is 5.92 Å². The number of esters is 1. The first-order chi connectivity index (χ1) is 8.07. The molecule has 0 aromatic carbocycles. The van der Waals surface area contributed by atoms with Gasteiger partial charge in [-0.05, 0) is 18.8 Å². The average molecular weight is 240 g/mol. The van der Waals surface area contributed by atoms with Gasteiger partial charge in [-0.15, -0.1) is 0 Å². The highest BCUT2D eigenvalue weighted by Crippen LogP contribution is 2.12. The fourth-order valence-corrected chi connectivity index (χ4v) is 1.57. The average Bonchev–Trinajstić information content (AvgIpc) is 2.30. The van der Waals surface area contributed by atoms with Gasteiger partial charge in [-0.3, -0.25) is 0 Å². The molecule has 17 heavy (non-hydrogen) atoms. The normalized spacial score (nSPS) is 10.6. The molecule has 0 aliphatic rings.